The van der Waals surface area contributed by atoms with Crippen LogP contribution in [0.5, 0.6) is 11.5 Å². The van der Waals surface area contributed by atoms with Gasteiger partial charge in [0.1, 0.15) is 5.82 Å². The van der Waals surface area contributed by atoms with Crippen molar-refractivity contribution >= 4 is 16.6 Å². The molecule has 2 N–H and O–H groups in total. The van der Waals surface area contributed by atoms with E-state index in [4.69, 9.17) is 20.2 Å². The number of methoxy groups -OCH3 is 2. The Morgan fingerprint density at radius 1 is 0.576 bits per heavy atom. The lowest BCUT2D eigenvalue weighted by Crippen LogP contribution is -1.97. The standard InChI is InChI=1S/C29H24N2O2/c1-32-27-17-23-16-26(31-29(30)25(23)18-28(27)33-2)24-14-21(19-9-5-3-6-10-19)13-22(15-24)20-11-7-4-8-12-20/h3-18H,1-2H3,(H2,30,31). The van der Waals surface area contributed by atoms with Gasteiger partial charge in [0.2, 0.25) is 0 Å². The number of ether oxygens (including phenoxy) is 2. The molecule has 0 aliphatic heterocycles. The van der Waals surface area contributed by atoms with E-state index >= 15 is 0 Å². The van der Waals surface area contributed by atoms with Crippen molar-refractivity contribution < 1.29 is 9.47 Å². The molecule has 5 aromatic rings. The molecule has 0 radical (unpaired) electrons. The van der Waals surface area contributed by atoms with Gasteiger partial charge in [0.05, 0.1) is 19.9 Å². The number of nitrogens with two attached hydrogens (primary N) is 1. The van der Waals surface area contributed by atoms with Gasteiger partial charge in [0, 0.05) is 10.9 Å². The second-order valence-corrected chi connectivity index (χ2v) is 7.85. The Morgan fingerprint density at radius 3 is 1.64 bits per heavy atom. The van der Waals surface area contributed by atoms with Crippen LogP contribution in [0.3, 0.4) is 0 Å². The summed E-state index contributed by atoms with van der Waals surface area (Å²) in [7, 11) is 3.24. The minimum absolute atomic E-state index is 0.454. The highest BCUT2D eigenvalue weighted by Crippen LogP contribution is 2.37. The van der Waals surface area contributed by atoms with Crippen molar-refractivity contribution in [3.63, 3.8) is 0 Å². The first kappa shape index (κ1) is 20.6. The highest BCUT2D eigenvalue weighted by atomic mass is 16.5. The lowest BCUT2D eigenvalue weighted by Gasteiger charge is -2.14. The molecule has 0 unspecified atom stereocenters. The fraction of sp³-hybridized carbons (Fsp3) is 0.0690. The summed E-state index contributed by atoms with van der Waals surface area (Å²) in [4.78, 5) is 4.75. The molecule has 0 saturated carbocycles. The molecule has 1 aromatic heterocycles. The third kappa shape index (κ3) is 3.99. The van der Waals surface area contributed by atoms with Crippen LogP contribution in [0.2, 0.25) is 0 Å². The lowest BCUT2D eigenvalue weighted by molar-refractivity contribution is 0.356. The van der Waals surface area contributed by atoms with Gasteiger partial charge in [-0.1, -0.05) is 60.7 Å². The van der Waals surface area contributed by atoms with E-state index in [0.717, 1.165) is 44.3 Å². The van der Waals surface area contributed by atoms with Gasteiger partial charge in [-0.2, -0.15) is 0 Å². The molecule has 4 heteroatoms. The van der Waals surface area contributed by atoms with E-state index in [1.165, 1.54) is 0 Å². The Kier molecular flexibility index (Phi) is 5.41. The largest absolute Gasteiger partial charge is 0.493 e. The number of pyridine rings is 1. The monoisotopic (exact) mass is 432 g/mol. The molecular weight excluding hydrogens is 408 g/mol. The van der Waals surface area contributed by atoms with Crippen LogP contribution >= 0.6 is 0 Å². The van der Waals surface area contributed by atoms with E-state index in [-0.39, 0.29) is 0 Å². The second-order valence-electron chi connectivity index (χ2n) is 7.85. The van der Waals surface area contributed by atoms with Crippen molar-refractivity contribution in [2.45, 2.75) is 0 Å². The van der Waals surface area contributed by atoms with Crippen molar-refractivity contribution in [1.29, 1.82) is 0 Å². The predicted molar refractivity (Wildman–Crippen MR) is 136 cm³/mol. The number of fused-ring (bicyclic) bond motifs is 1. The molecule has 1 heterocycles. The van der Waals surface area contributed by atoms with Crippen molar-refractivity contribution in [3.05, 3.63) is 97.1 Å². The quantitative estimate of drug-likeness (QED) is 0.330. The average Bonchev–Trinajstić information content (AvgIpc) is 2.88. The number of rotatable bonds is 5. The maximum Gasteiger partial charge on any atom is 0.161 e. The van der Waals surface area contributed by atoms with Crippen LogP contribution in [-0.4, -0.2) is 19.2 Å². The molecule has 0 bridgehead atoms. The molecule has 0 fully saturated rings. The van der Waals surface area contributed by atoms with Crippen LogP contribution in [0.25, 0.3) is 44.3 Å². The summed E-state index contributed by atoms with van der Waals surface area (Å²) < 4.78 is 10.9. The smallest absolute Gasteiger partial charge is 0.161 e. The third-order valence-corrected chi connectivity index (χ3v) is 5.81. The molecule has 5 rings (SSSR count). The van der Waals surface area contributed by atoms with Crippen molar-refractivity contribution in [2.75, 3.05) is 20.0 Å². The molecule has 0 aliphatic rings. The summed E-state index contributed by atoms with van der Waals surface area (Å²) in [5.74, 6) is 1.74. The molecule has 4 aromatic carbocycles. The zero-order valence-electron chi connectivity index (χ0n) is 18.6. The summed E-state index contributed by atoms with van der Waals surface area (Å²) in [6.45, 7) is 0. The topological polar surface area (TPSA) is 57.4 Å². The molecule has 162 valence electrons. The number of hydrogen-bond donors (Lipinski definition) is 1. The van der Waals surface area contributed by atoms with E-state index in [0.29, 0.717) is 17.3 Å². The molecule has 4 nitrogen and oxygen atoms in total. The number of hydrogen-bond acceptors (Lipinski definition) is 4. The Morgan fingerprint density at radius 2 is 1.09 bits per heavy atom. The number of anilines is 1. The first-order chi connectivity index (χ1) is 16.2. The van der Waals surface area contributed by atoms with Crippen molar-refractivity contribution in [2.24, 2.45) is 0 Å². The summed E-state index contributed by atoms with van der Waals surface area (Å²) in [5.41, 5.74) is 12.8. The zero-order chi connectivity index (χ0) is 22.8. The van der Waals surface area contributed by atoms with Crippen LogP contribution in [-0.2, 0) is 0 Å². The summed E-state index contributed by atoms with van der Waals surface area (Å²) >= 11 is 0. The van der Waals surface area contributed by atoms with Gasteiger partial charge >= 0.3 is 0 Å². The van der Waals surface area contributed by atoms with Gasteiger partial charge in [-0.15, -0.1) is 0 Å². The van der Waals surface area contributed by atoms with Crippen LogP contribution in [0.1, 0.15) is 0 Å². The van der Waals surface area contributed by atoms with Crippen LogP contribution in [0.4, 0.5) is 5.82 Å². The Balaban J connectivity index is 1.72. The van der Waals surface area contributed by atoms with Gasteiger partial charge in [-0.25, -0.2) is 4.98 Å². The molecule has 0 spiro atoms. The van der Waals surface area contributed by atoms with Gasteiger partial charge in [0.15, 0.2) is 11.5 Å². The number of benzene rings is 4. The average molecular weight is 433 g/mol. The number of nitrogen functional groups attached to an aromatic ring is 1. The molecule has 0 saturated heterocycles. The third-order valence-electron chi connectivity index (χ3n) is 5.81. The van der Waals surface area contributed by atoms with Gasteiger partial charge in [-0.3, -0.25) is 0 Å². The first-order valence-corrected chi connectivity index (χ1v) is 10.7. The maximum atomic E-state index is 6.40. The second kappa shape index (κ2) is 8.67. The van der Waals surface area contributed by atoms with Crippen molar-refractivity contribution in [1.82, 2.24) is 4.98 Å². The van der Waals surface area contributed by atoms with Gasteiger partial charge in [-0.05, 0) is 64.0 Å². The van der Waals surface area contributed by atoms with Crippen LogP contribution in [0, 0.1) is 0 Å². The molecule has 0 amide bonds. The fourth-order valence-corrected chi connectivity index (χ4v) is 4.12. The SMILES string of the molecule is COc1cc2cc(-c3cc(-c4ccccc4)cc(-c4ccccc4)c3)nc(N)c2cc1OC. The summed E-state index contributed by atoms with van der Waals surface area (Å²) in [6.07, 6.45) is 0. The van der Waals surface area contributed by atoms with E-state index < -0.39 is 0 Å². The van der Waals surface area contributed by atoms with E-state index in [9.17, 15) is 0 Å². The highest BCUT2D eigenvalue weighted by Gasteiger charge is 2.13. The van der Waals surface area contributed by atoms with E-state index in [1.807, 2.05) is 30.3 Å². The fourth-order valence-electron chi connectivity index (χ4n) is 4.12. The number of aromatic nitrogens is 1. The molecule has 0 aliphatic carbocycles. The Bertz CT molecular complexity index is 1370. The minimum Gasteiger partial charge on any atom is -0.493 e. The molecule has 33 heavy (non-hydrogen) atoms. The predicted octanol–water partition coefficient (Wildman–Crippen LogP) is 6.84. The van der Waals surface area contributed by atoms with Gasteiger partial charge < -0.3 is 15.2 Å². The maximum absolute atomic E-state index is 6.40. The van der Waals surface area contributed by atoms with Crippen LogP contribution < -0.4 is 15.2 Å². The lowest BCUT2D eigenvalue weighted by atomic mass is 9.94. The van der Waals surface area contributed by atoms with E-state index in [2.05, 4.69) is 66.7 Å². The summed E-state index contributed by atoms with van der Waals surface area (Å²) in [6, 6.07) is 33.1. The highest BCUT2D eigenvalue weighted by molar-refractivity contribution is 5.96. The summed E-state index contributed by atoms with van der Waals surface area (Å²) in [5, 5.41) is 1.78. The van der Waals surface area contributed by atoms with Crippen molar-refractivity contribution in [3.8, 4) is 45.0 Å². The normalized spacial score (nSPS) is 10.8. The Hall–Kier alpha value is -4.31. The van der Waals surface area contributed by atoms with Gasteiger partial charge in [0.25, 0.3) is 0 Å². The first-order valence-electron chi connectivity index (χ1n) is 10.7. The van der Waals surface area contributed by atoms with Crippen LogP contribution in [0.15, 0.2) is 97.1 Å². The molecule has 0 atom stereocenters. The van der Waals surface area contributed by atoms with E-state index in [1.54, 1.807) is 14.2 Å². The Labute approximate surface area is 193 Å². The number of nitrogens with zero attached hydrogens (tertiary/aromatic N) is 1. The molecular formula is C29H24N2O2. The zero-order valence-corrected chi connectivity index (χ0v) is 18.6. The minimum atomic E-state index is 0.454.